The Hall–Kier alpha value is -4.21. The highest BCUT2D eigenvalue weighted by Gasteiger charge is 2.10. The van der Waals surface area contributed by atoms with Gasteiger partial charge >= 0.3 is 5.97 Å². The standard InChI is InChI=1S/C26H22N2O4/c1-31-16-15-28-25(29)23(18-27)17-19-7-13-24(14-8-19)32-26(30)22-11-9-21(10-12-22)20-5-3-2-4-6-20/h2-14,17H,15-16H2,1H3,(H,28,29)/b23-17+. The Kier molecular flexibility index (Phi) is 7.90. The minimum Gasteiger partial charge on any atom is -0.423 e. The first kappa shape index (κ1) is 22.5. The van der Waals surface area contributed by atoms with Crippen molar-refractivity contribution < 1.29 is 19.1 Å². The fourth-order valence-corrected chi connectivity index (χ4v) is 2.90. The molecule has 0 unspecified atom stereocenters. The lowest BCUT2D eigenvalue weighted by atomic mass is 10.0. The molecule has 3 aromatic rings. The lowest BCUT2D eigenvalue weighted by Gasteiger charge is -2.07. The van der Waals surface area contributed by atoms with E-state index in [-0.39, 0.29) is 5.57 Å². The van der Waals surface area contributed by atoms with E-state index >= 15 is 0 Å². The molecular formula is C26H22N2O4. The quantitative estimate of drug-likeness (QED) is 0.191. The summed E-state index contributed by atoms with van der Waals surface area (Å²) in [5, 5.41) is 11.8. The molecule has 32 heavy (non-hydrogen) atoms. The van der Waals surface area contributed by atoms with E-state index in [1.54, 1.807) is 36.4 Å². The first-order chi connectivity index (χ1) is 15.6. The number of carbonyl (C=O) groups excluding carboxylic acids is 2. The third kappa shape index (κ3) is 6.14. The van der Waals surface area contributed by atoms with Gasteiger partial charge < -0.3 is 14.8 Å². The number of hydrogen-bond donors (Lipinski definition) is 1. The molecular weight excluding hydrogens is 404 g/mol. The molecule has 6 heteroatoms. The van der Waals surface area contributed by atoms with Crippen LogP contribution in [0.15, 0.2) is 84.4 Å². The van der Waals surface area contributed by atoms with E-state index in [9.17, 15) is 14.9 Å². The van der Waals surface area contributed by atoms with E-state index in [0.29, 0.717) is 30.0 Å². The van der Waals surface area contributed by atoms with E-state index in [2.05, 4.69) is 5.32 Å². The largest absolute Gasteiger partial charge is 0.423 e. The number of hydrogen-bond acceptors (Lipinski definition) is 5. The number of methoxy groups -OCH3 is 1. The second-order valence-electron chi connectivity index (χ2n) is 6.82. The highest BCUT2D eigenvalue weighted by Crippen LogP contribution is 2.21. The number of esters is 1. The van der Waals surface area contributed by atoms with Gasteiger partial charge in [-0.15, -0.1) is 0 Å². The summed E-state index contributed by atoms with van der Waals surface area (Å²) in [5.41, 5.74) is 3.13. The van der Waals surface area contributed by atoms with Crippen molar-refractivity contribution in [3.63, 3.8) is 0 Å². The third-order valence-electron chi connectivity index (χ3n) is 4.59. The Balaban J connectivity index is 1.63. The Labute approximate surface area is 186 Å². The number of nitriles is 1. The van der Waals surface area contributed by atoms with Crippen molar-refractivity contribution in [1.82, 2.24) is 5.32 Å². The predicted molar refractivity (Wildman–Crippen MR) is 122 cm³/mol. The lowest BCUT2D eigenvalue weighted by Crippen LogP contribution is -2.27. The molecule has 0 atom stereocenters. The molecule has 1 N–H and O–H groups in total. The fraction of sp³-hybridized carbons (Fsp3) is 0.115. The molecule has 6 nitrogen and oxygen atoms in total. The first-order valence-corrected chi connectivity index (χ1v) is 9.97. The van der Waals surface area contributed by atoms with Crippen molar-refractivity contribution >= 4 is 18.0 Å². The molecule has 1 amide bonds. The van der Waals surface area contributed by atoms with Crippen LogP contribution in [0.3, 0.4) is 0 Å². The lowest BCUT2D eigenvalue weighted by molar-refractivity contribution is -0.117. The maximum atomic E-state index is 12.4. The van der Waals surface area contributed by atoms with Crippen LogP contribution < -0.4 is 10.1 Å². The maximum absolute atomic E-state index is 12.4. The van der Waals surface area contributed by atoms with E-state index in [0.717, 1.165) is 11.1 Å². The molecule has 0 saturated carbocycles. The average molecular weight is 426 g/mol. The van der Waals surface area contributed by atoms with Crippen LogP contribution in [0.25, 0.3) is 17.2 Å². The molecule has 160 valence electrons. The maximum Gasteiger partial charge on any atom is 0.343 e. The smallest absolute Gasteiger partial charge is 0.343 e. The average Bonchev–Trinajstić information content (AvgIpc) is 2.84. The highest BCUT2D eigenvalue weighted by atomic mass is 16.5. The molecule has 0 spiro atoms. The fourth-order valence-electron chi connectivity index (χ4n) is 2.90. The highest BCUT2D eigenvalue weighted by molar-refractivity contribution is 6.01. The molecule has 0 heterocycles. The van der Waals surface area contributed by atoms with Gasteiger partial charge in [0.2, 0.25) is 0 Å². The Morgan fingerprint density at radius 3 is 2.22 bits per heavy atom. The van der Waals surface area contributed by atoms with E-state index < -0.39 is 11.9 Å². The topological polar surface area (TPSA) is 88.4 Å². The van der Waals surface area contributed by atoms with Crippen LogP contribution in [0.1, 0.15) is 15.9 Å². The number of carbonyl (C=O) groups is 2. The summed E-state index contributed by atoms with van der Waals surface area (Å²) in [6, 6.07) is 25.5. The SMILES string of the molecule is COCCNC(=O)/C(C#N)=C/c1ccc(OC(=O)c2ccc(-c3ccccc3)cc2)cc1. The second-order valence-corrected chi connectivity index (χ2v) is 6.82. The molecule has 0 saturated heterocycles. The second kappa shape index (κ2) is 11.3. The molecule has 0 bridgehead atoms. The van der Waals surface area contributed by atoms with Gasteiger partial charge in [0.15, 0.2) is 0 Å². The van der Waals surface area contributed by atoms with E-state index in [1.807, 2.05) is 48.5 Å². The van der Waals surface area contributed by atoms with Gasteiger partial charge in [-0.2, -0.15) is 5.26 Å². The van der Waals surface area contributed by atoms with Crippen molar-refractivity contribution in [2.75, 3.05) is 20.3 Å². The number of rotatable bonds is 8. The third-order valence-corrected chi connectivity index (χ3v) is 4.59. The monoisotopic (exact) mass is 426 g/mol. The minimum atomic E-state index is -0.473. The number of benzene rings is 3. The molecule has 0 fully saturated rings. The van der Waals surface area contributed by atoms with Crippen LogP contribution >= 0.6 is 0 Å². The van der Waals surface area contributed by atoms with Gasteiger partial charge in [-0.05, 0) is 47.0 Å². The zero-order valence-electron chi connectivity index (χ0n) is 17.6. The number of nitrogens with zero attached hydrogens (tertiary/aromatic N) is 1. The Morgan fingerprint density at radius 2 is 1.59 bits per heavy atom. The Morgan fingerprint density at radius 1 is 0.938 bits per heavy atom. The van der Waals surface area contributed by atoms with Crippen molar-refractivity contribution in [2.45, 2.75) is 0 Å². The van der Waals surface area contributed by atoms with Crippen molar-refractivity contribution in [3.8, 4) is 22.9 Å². The molecule has 0 aliphatic rings. The van der Waals surface area contributed by atoms with Crippen LogP contribution in [0.2, 0.25) is 0 Å². The summed E-state index contributed by atoms with van der Waals surface area (Å²) in [6.07, 6.45) is 1.47. The van der Waals surface area contributed by atoms with Gasteiger partial charge in [-0.3, -0.25) is 4.79 Å². The zero-order chi connectivity index (χ0) is 22.8. The van der Waals surface area contributed by atoms with Crippen LogP contribution in [0.4, 0.5) is 0 Å². The first-order valence-electron chi connectivity index (χ1n) is 9.97. The summed E-state index contributed by atoms with van der Waals surface area (Å²) < 4.78 is 10.3. The number of ether oxygens (including phenoxy) is 2. The van der Waals surface area contributed by atoms with Gasteiger partial charge in [-0.25, -0.2) is 4.79 Å². The predicted octanol–water partition coefficient (Wildman–Crippen LogP) is 4.24. The molecule has 0 radical (unpaired) electrons. The zero-order valence-corrected chi connectivity index (χ0v) is 17.6. The molecule has 3 aromatic carbocycles. The van der Waals surface area contributed by atoms with Gasteiger partial charge in [0, 0.05) is 13.7 Å². The number of nitrogens with one attached hydrogen (secondary N) is 1. The van der Waals surface area contributed by atoms with Gasteiger partial charge in [-0.1, -0.05) is 54.6 Å². The summed E-state index contributed by atoms with van der Waals surface area (Å²) in [5.74, 6) is -0.579. The van der Waals surface area contributed by atoms with Crippen LogP contribution in [0, 0.1) is 11.3 Å². The van der Waals surface area contributed by atoms with Gasteiger partial charge in [0.1, 0.15) is 17.4 Å². The Bertz CT molecular complexity index is 1130. The summed E-state index contributed by atoms with van der Waals surface area (Å²) >= 11 is 0. The minimum absolute atomic E-state index is 0.0237. The van der Waals surface area contributed by atoms with Crippen LogP contribution in [0.5, 0.6) is 5.75 Å². The summed E-state index contributed by atoms with van der Waals surface area (Å²) in [6.45, 7) is 0.676. The molecule has 3 rings (SSSR count). The van der Waals surface area contributed by atoms with Crippen molar-refractivity contribution in [1.29, 1.82) is 5.26 Å². The molecule has 0 aliphatic carbocycles. The van der Waals surface area contributed by atoms with Gasteiger partial charge in [0.05, 0.1) is 12.2 Å². The summed E-state index contributed by atoms with van der Waals surface area (Å²) in [4.78, 5) is 24.5. The normalized spacial score (nSPS) is 10.8. The summed E-state index contributed by atoms with van der Waals surface area (Å²) in [7, 11) is 1.53. The van der Waals surface area contributed by atoms with E-state index in [1.165, 1.54) is 13.2 Å². The van der Waals surface area contributed by atoms with Crippen molar-refractivity contribution in [2.24, 2.45) is 0 Å². The van der Waals surface area contributed by atoms with Crippen LogP contribution in [-0.4, -0.2) is 32.1 Å². The number of amides is 1. The van der Waals surface area contributed by atoms with Crippen molar-refractivity contribution in [3.05, 3.63) is 95.6 Å². The van der Waals surface area contributed by atoms with Crippen LogP contribution in [-0.2, 0) is 9.53 Å². The molecule has 0 aromatic heterocycles. The molecule has 0 aliphatic heterocycles. The van der Waals surface area contributed by atoms with E-state index in [4.69, 9.17) is 9.47 Å². The van der Waals surface area contributed by atoms with Gasteiger partial charge in [0.25, 0.3) is 5.91 Å².